The molecular weight excluding hydrogens is 344 g/mol. The van der Waals surface area contributed by atoms with E-state index < -0.39 is 0 Å². The van der Waals surface area contributed by atoms with Crippen molar-refractivity contribution in [2.24, 2.45) is 0 Å². The number of hydrogen-bond acceptors (Lipinski definition) is 4. The number of rotatable bonds is 5. The van der Waals surface area contributed by atoms with Gasteiger partial charge >= 0.3 is 0 Å². The van der Waals surface area contributed by atoms with Crippen LogP contribution in [-0.2, 0) is 6.54 Å². The summed E-state index contributed by atoms with van der Waals surface area (Å²) < 4.78 is 0. The zero-order valence-electron chi connectivity index (χ0n) is 16.5. The number of nitrogens with zero attached hydrogens (tertiary/aromatic N) is 2. The average molecular weight is 368 g/mol. The van der Waals surface area contributed by atoms with Gasteiger partial charge in [0.2, 0.25) is 5.95 Å². The smallest absolute Gasteiger partial charge is 0.229 e. The third-order valence-corrected chi connectivity index (χ3v) is 4.95. The van der Waals surface area contributed by atoms with Gasteiger partial charge in [0.15, 0.2) is 0 Å². The third-order valence-electron chi connectivity index (χ3n) is 4.95. The van der Waals surface area contributed by atoms with Crippen LogP contribution < -0.4 is 10.6 Å². The molecule has 1 aromatic heterocycles. The fraction of sp³-hybridized carbons (Fsp3) is 0.167. The third kappa shape index (κ3) is 3.96. The molecule has 3 aromatic carbocycles. The van der Waals surface area contributed by atoms with Gasteiger partial charge in [-0.25, -0.2) is 4.98 Å². The summed E-state index contributed by atoms with van der Waals surface area (Å²) in [5.74, 6) is 1.42. The maximum absolute atomic E-state index is 4.75. The van der Waals surface area contributed by atoms with Gasteiger partial charge in [0.25, 0.3) is 0 Å². The number of aromatic nitrogens is 2. The first-order valence-corrected chi connectivity index (χ1v) is 9.49. The maximum atomic E-state index is 4.75. The van der Waals surface area contributed by atoms with E-state index in [4.69, 9.17) is 4.98 Å². The Labute approximate surface area is 165 Å². The van der Waals surface area contributed by atoms with Crippen molar-refractivity contribution in [1.82, 2.24) is 9.97 Å². The molecule has 4 heteroatoms. The minimum absolute atomic E-state index is 0.591. The molecule has 0 aliphatic carbocycles. The highest BCUT2D eigenvalue weighted by atomic mass is 15.1. The van der Waals surface area contributed by atoms with E-state index in [0.717, 1.165) is 22.4 Å². The number of hydrogen-bond donors (Lipinski definition) is 2. The second-order valence-corrected chi connectivity index (χ2v) is 7.18. The minimum Gasteiger partial charge on any atom is -0.365 e. The largest absolute Gasteiger partial charge is 0.365 e. The Balaban J connectivity index is 1.64. The van der Waals surface area contributed by atoms with Crippen LogP contribution in [0.3, 0.4) is 0 Å². The predicted molar refractivity (Wildman–Crippen MR) is 117 cm³/mol. The molecule has 0 spiro atoms. The van der Waals surface area contributed by atoms with E-state index in [1.54, 1.807) is 0 Å². The molecule has 28 heavy (non-hydrogen) atoms. The molecule has 0 radical (unpaired) electrons. The number of fused-ring (bicyclic) bond motifs is 1. The summed E-state index contributed by atoms with van der Waals surface area (Å²) in [7, 11) is 0. The summed E-state index contributed by atoms with van der Waals surface area (Å²) in [5.41, 5.74) is 6.89. The van der Waals surface area contributed by atoms with Crippen molar-refractivity contribution in [3.63, 3.8) is 0 Å². The Bertz CT molecular complexity index is 1120. The lowest BCUT2D eigenvalue weighted by Gasteiger charge is -2.13. The summed E-state index contributed by atoms with van der Waals surface area (Å²) >= 11 is 0. The van der Waals surface area contributed by atoms with Crippen molar-refractivity contribution in [3.05, 3.63) is 89.0 Å². The monoisotopic (exact) mass is 368 g/mol. The summed E-state index contributed by atoms with van der Waals surface area (Å²) in [6.45, 7) is 7.03. The van der Waals surface area contributed by atoms with Crippen LogP contribution in [0.4, 0.5) is 17.5 Å². The topological polar surface area (TPSA) is 49.8 Å². The van der Waals surface area contributed by atoms with Gasteiger partial charge in [0.05, 0.1) is 5.52 Å². The lowest BCUT2D eigenvalue weighted by molar-refractivity contribution is 1.10. The van der Waals surface area contributed by atoms with E-state index >= 15 is 0 Å². The van der Waals surface area contributed by atoms with Gasteiger partial charge in [0, 0.05) is 17.6 Å². The molecule has 0 saturated carbocycles. The van der Waals surface area contributed by atoms with E-state index in [1.807, 2.05) is 24.3 Å². The van der Waals surface area contributed by atoms with Crippen molar-refractivity contribution in [2.75, 3.05) is 10.6 Å². The van der Waals surface area contributed by atoms with Gasteiger partial charge in [-0.2, -0.15) is 4.98 Å². The fourth-order valence-corrected chi connectivity index (χ4v) is 3.11. The van der Waals surface area contributed by atoms with Crippen LogP contribution in [0.1, 0.15) is 22.3 Å². The van der Waals surface area contributed by atoms with Crippen molar-refractivity contribution < 1.29 is 0 Å². The second kappa shape index (κ2) is 7.69. The van der Waals surface area contributed by atoms with Crippen LogP contribution in [0, 0.1) is 20.8 Å². The van der Waals surface area contributed by atoms with Crippen LogP contribution in [0.2, 0.25) is 0 Å². The first-order chi connectivity index (χ1) is 13.6. The zero-order valence-corrected chi connectivity index (χ0v) is 16.5. The van der Waals surface area contributed by atoms with Crippen molar-refractivity contribution in [3.8, 4) is 0 Å². The highest BCUT2D eigenvalue weighted by molar-refractivity contribution is 5.90. The molecule has 4 aromatic rings. The summed E-state index contributed by atoms with van der Waals surface area (Å²) in [6, 6.07) is 22.9. The van der Waals surface area contributed by atoms with E-state index in [1.165, 1.54) is 22.3 Å². The van der Waals surface area contributed by atoms with Gasteiger partial charge in [-0.05, 0) is 61.7 Å². The lowest BCUT2D eigenvalue weighted by atomic mass is 10.1. The molecule has 1 heterocycles. The van der Waals surface area contributed by atoms with Crippen LogP contribution in [0.25, 0.3) is 10.9 Å². The molecule has 0 unspecified atom stereocenters. The van der Waals surface area contributed by atoms with Gasteiger partial charge in [-0.3, -0.25) is 0 Å². The summed E-state index contributed by atoms with van der Waals surface area (Å²) in [6.07, 6.45) is 0. The molecular formula is C24H24N4. The number of anilines is 3. The fourth-order valence-electron chi connectivity index (χ4n) is 3.11. The molecule has 4 nitrogen and oxygen atoms in total. The van der Waals surface area contributed by atoms with Gasteiger partial charge in [0.1, 0.15) is 5.82 Å². The summed E-state index contributed by atoms with van der Waals surface area (Å²) in [5, 5.41) is 7.84. The van der Waals surface area contributed by atoms with Crippen molar-refractivity contribution in [2.45, 2.75) is 27.3 Å². The maximum Gasteiger partial charge on any atom is 0.229 e. The number of para-hydroxylation sites is 1. The highest BCUT2D eigenvalue weighted by Gasteiger charge is 2.08. The Morgan fingerprint density at radius 2 is 1.57 bits per heavy atom. The van der Waals surface area contributed by atoms with Crippen molar-refractivity contribution in [1.29, 1.82) is 0 Å². The van der Waals surface area contributed by atoms with Crippen molar-refractivity contribution >= 4 is 28.4 Å². The summed E-state index contributed by atoms with van der Waals surface area (Å²) in [4.78, 5) is 9.44. The molecule has 140 valence electrons. The van der Waals surface area contributed by atoms with Gasteiger partial charge < -0.3 is 10.6 Å². The van der Waals surface area contributed by atoms with Crippen LogP contribution in [0.5, 0.6) is 0 Å². The van der Waals surface area contributed by atoms with E-state index in [0.29, 0.717) is 12.5 Å². The van der Waals surface area contributed by atoms with E-state index in [-0.39, 0.29) is 0 Å². The molecule has 0 saturated heterocycles. The average Bonchev–Trinajstić information content (AvgIpc) is 2.70. The predicted octanol–water partition coefficient (Wildman–Crippen LogP) is 5.91. The number of aryl methyl sites for hydroxylation is 3. The molecule has 4 rings (SSSR count). The normalized spacial score (nSPS) is 10.8. The number of nitrogens with one attached hydrogen (secondary N) is 2. The van der Waals surface area contributed by atoms with Gasteiger partial charge in [-0.15, -0.1) is 0 Å². The second-order valence-electron chi connectivity index (χ2n) is 7.18. The Kier molecular flexibility index (Phi) is 4.94. The zero-order chi connectivity index (χ0) is 19.5. The molecule has 0 atom stereocenters. The van der Waals surface area contributed by atoms with Crippen LogP contribution >= 0.6 is 0 Å². The van der Waals surface area contributed by atoms with Crippen LogP contribution in [-0.4, -0.2) is 9.97 Å². The Morgan fingerprint density at radius 1 is 0.786 bits per heavy atom. The Hall–Kier alpha value is -3.40. The lowest BCUT2D eigenvalue weighted by Crippen LogP contribution is -2.06. The molecule has 0 amide bonds. The highest BCUT2D eigenvalue weighted by Crippen LogP contribution is 2.25. The Morgan fingerprint density at radius 3 is 2.36 bits per heavy atom. The van der Waals surface area contributed by atoms with Gasteiger partial charge in [-0.1, -0.05) is 48.0 Å². The van der Waals surface area contributed by atoms with Crippen LogP contribution in [0.15, 0.2) is 66.7 Å². The molecule has 0 fully saturated rings. The first-order valence-electron chi connectivity index (χ1n) is 9.49. The van der Waals surface area contributed by atoms with E-state index in [2.05, 4.69) is 78.9 Å². The quantitative estimate of drug-likeness (QED) is 0.460. The molecule has 0 aliphatic rings. The SMILES string of the molecule is Cc1ccc(CNc2nc(Nc3ccc(C)c(C)c3)nc3ccccc23)cc1. The molecule has 0 bridgehead atoms. The first kappa shape index (κ1) is 18.0. The molecule has 0 aliphatic heterocycles. The molecule has 2 N–H and O–H groups in total. The standard InChI is InChI=1S/C24H24N4/c1-16-8-11-19(12-9-16)15-25-23-21-6-4-5-7-22(21)27-24(28-23)26-20-13-10-17(2)18(3)14-20/h4-14H,15H2,1-3H3,(H2,25,26,27,28). The number of benzene rings is 3. The van der Waals surface area contributed by atoms with E-state index in [9.17, 15) is 0 Å². The minimum atomic E-state index is 0.591.